The Labute approximate surface area is 167 Å². The first-order valence-corrected chi connectivity index (χ1v) is 10.2. The zero-order chi connectivity index (χ0) is 19.9. The molecule has 1 aliphatic rings. The zero-order valence-electron chi connectivity index (χ0n) is 17.2. The van der Waals surface area contributed by atoms with Crippen LogP contribution >= 0.6 is 0 Å². The predicted molar refractivity (Wildman–Crippen MR) is 109 cm³/mol. The molecular weight excluding hydrogens is 354 g/mol. The molecule has 1 aromatic heterocycles. The highest BCUT2D eigenvalue weighted by molar-refractivity contribution is 5.78. The van der Waals surface area contributed by atoms with Crippen LogP contribution in [0.25, 0.3) is 11.3 Å². The van der Waals surface area contributed by atoms with E-state index in [4.69, 9.17) is 9.15 Å². The summed E-state index contributed by atoms with van der Waals surface area (Å²) in [6, 6.07) is 7.76. The number of amides is 1. The van der Waals surface area contributed by atoms with E-state index in [1.807, 2.05) is 36.2 Å². The van der Waals surface area contributed by atoms with Crippen LogP contribution in [0, 0.1) is 5.92 Å². The lowest BCUT2D eigenvalue weighted by Gasteiger charge is -2.32. The smallest absolute Gasteiger partial charge is 0.225 e. The van der Waals surface area contributed by atoms with Crippen molar-refractivity contribution < 1.29 is 13.9 Å². The second kappa shape index (κ2) is 9.73. The van der Waals surface area contributed by atoms with Crippen LogP contribution in [0.2, 0.25) is 0 Å². The molecule has 152 valence electrons. The van der Waals surface area contributed by atoms with Crippen LogP contribution in [0.5, 0.6) is 5.75 Å². The van der Waals surface area contributed by atoms with E-state index >= 15 is 0 Å². The highest BCUT2D eigenvalue weighted by atomic mass is 16.5. The number of carbonyl (C=O) groups excluding carboxylic acids is 1. The maximum atomic E-state index is 12.5. The summed E-state index contributed by atoms with van der Waals surface area (Å²) in [4.78, 5) is 21.2. The van der Waals surface area contributed by atoms with E-state index in [2.05, 4.69) is 16.8 Å². The second-order valence-electron chi connectivity index (χ2n) is 7.51. The fourth-order valence-electron chi connectivity index (χ4n) is 3.62. The number of likely N-dealkylation sites (tertiary alicyclic amines) is 1. The molecule has 6 heteroatoms. The van der Waals surface area contributed by atoms with E-state index in [0.717, 1.165) is 68.3 Å². The lowest BCUT2D eigenvalue weighted by Crippen LogP contribution is -2.41. The molecule has 0 atom stereocenters. The Morgan fingerprint density at radius 3 is 2.64 bits per heavy atom. The molecular formula is C22H31N3O3. The van der Waals surface area contributed by atoms with Gasteiger partial charge >= 0.3 is 0 Å². The van der Waals surface area contributed by atoms with Crippen LogP contribution in [0.15, 0.2) is 34.9 Å². The van der Waals surface area contributed by atoms with Gasteiger partial charge in [0, 0.05) is 25.1 Å². The third-order valence-corrected chi connectivity index (χ3v) is 5.45. The number of hydrogen-bond acceptors (Lipinski definition) is 5. The minimum absolute atomic E-state index is 0.150. The van der Waals surface area contributed by atoms with Crippen molar-refractivity contribution in [1.29, 1.82) is 0 Å². The van der Waals surface area contributed by atoms with E-state index in [9.17, 15) is 4.79 Å². The summed E-state index contributed by atoms with van der Waals surface area (Å²) in [5.74, 6) is 2.75. The quantitative estimate of drug-likeness (QED) is 0.691. The van der Waals surface area contributed by atoms with Gasteiger partial charge in [-0.3, -0.25) is 9.69 Å². The van der Waals surface area contributed by atoms with Crippen molar-refractivity contribution >= 4 is 5.91 Å². The average molecular weight is 386 g/mol. The molecule has 0 bridgehead atoms. The summed E-state index contributed by atoms with van der Waals surface area (Å²) in [7, 11) is 3.58. The van der Waals surface area contributed by atoms with Gasteiger partial charge in [0.15, 0.2) is 5.76 Å². The fraction of sp³-hybridized carbons (Fsp3) is 0.545. The maximum Gasteiger partial charge on any atom is 0.225 e. The number of oxazole rings is 1. The second-order valence-corrected chi connectivity index (χ2v) is 7.51. The van der Waals surface area contributed by atoms with Crippen molar-refractivity contribution in [2.45, 2.75) is 39.2 Å². The highest BCUT2D eigenvalue weighted by Gasteiger charge is 2.27. The van der Waals surface area contributed by atoms with Gasteiger partial charge in [-0.05, 0) is 56.6 Å². The number of unbranched alkanes of at least 4 members (excludes halogenated alkanes) is 1. The molecule has 0 unspecified atom stereocenters. The first-order chi connectivity index (χ1) is 13.6. The number of hydrogen-bond donors (Lipinski definition) is 0. The monoisotopic (exact) mass is 385 g/mol. The summed E-state index contributed by atoms with van der Waals surface area (Å²) < 4.78 is 11.1. The third kappa shape index (κ3) is 5.13. The largest absolute Gasteiger partial charge is 0.497 e. The number of ether oxygens (including phenoxy) is 1. The summed E-state index contributed by atoms with van der Waals surface area (Å²) >= 11 is 0. The van der Waals surface area contributed by atoms with Crippen LogP contribution < -0.4 is 4.74 Å². The predicted octanol–water partition coefficient (Wildman–Crippen LogP) is 3.82. The van der Waals surface area contributed by atoms with Gasteiger partial charge in [-0.1, -0.05) is 13.3 Å². The van der Waals surface area contributed by atoms with Crippen LogP contribution in [-0.4, -0.2) is 54.5 Å². The summed E-state index contributed by atoms with van der Waals surface area (Å²) in [6.45, 7) is 5.50. The number of benzene rings is 1. The average Bonchev–Trinajstić information content (AvgIpc) is 3.20. The van der Waals surface area contributed by atoms with Crippen molar-refractivity contribution in [3.63, 3.8) is 0 Å². The lowest BCUT2D eigenvalue weighted by molar-refractivity contribution is -0.135. The molecule has 1 aromatic carbocycles. The molecule has 0 N–H and O–H groups in total. The van der Waals surface area contributed by atoms with Crippen LogP contribution in [-0.2, 0) is 11.3 Å². The normalized spacial score (nSPS) is 15.5. The van der Waals surface area contributed by atoms with Crippen molar-refractivity contribution in [3.8, 4) is 17.1 Å². The van der Waals surface area contributed by atoms with Gasteiger partial charge < -0.3 is 14.1 Å². The molecule has 1 fully saturated rings. The van der Waals surface area contributed by atoms with Crippen molar-refractivity contribution in [3.05, 3.63) is 36.4 Å². The minimum atomic E-state index is 0.150. The van der Waals surface area contributed by atoms with Gasteiger partial charge in [0.05, 0.1) is 19.9 Å². The molecule has 1 saturated heterocycles. The number of nitrogens with zero attached hydrogens (tertiary/aromatic N) is 3. The molecule has 28 heavy (non-hydrogen) atoms. The Morgan fingerprint density at radius 1 is 1.29 bits per heavy atom. The van der Waals surface area contributed by atoms with Gasteiger partial charge in [-0.15, -0.1) is 0 Å². The van der Waals surface area contributed by atoms with Crippen LogP contribution in [0.3, 0.4) is 0 Å². The first-order valence-electron chi connectivity index (χ1n) is 10.2. The molecule has 2 heterocycles. The SMILES string of the molecule is CCCCN(C)C(=O)C1CCN(Cc2ncc(-c3ccc(OC)cc3)o2)CC1. The number of aromatic nitrogens is 1. The molecule has 2 aromatic rings. The van der Waals surface area contributed by atoms with Gasteiger partial charge in [0.25, 0.3) is 0 Å². The number of piperidine rings is 1. The van der Waals surface area contributed by atoms with E-state index < -0.39 is 0 Å². The van der Waals surface area contributed by atoms with Crippen LogP contribution in [0.1, 0.15) is 38.5 Å². The summed E-state index contributed by atoms with van der Waals surface area (Å²) in [5.41, 5.74) is 0.985. The minimum Gasteiger partial charge on any atom is -0.497 e. The van der Waals surface area contributed by atoms with E-state index in [0.29, 0.717) is 12.5 Å². The molecule has 1 aliphatic heterocycles. The Morgan fingerprint density at radius 2 is 2.00 bits per heavy atom. The summed E-state index contributed by atoms with van der Waals surface area (Å²) in [6.07, 6.45) is 5.77. The molecule has 0 saturated carbocycles. The zero-order valence-corrected chi connectivity index (χ0v) is 17.2. The molecule has 3 rings (SSSR count). The van der Waals surface area contributed by atoms with Gasteiger partial charge in [0.1, 0.15) is 5.75 Å². The molecule has 0 radical (unpaired) electrons. The molecule has 6 nitrogen and oxygen atoms in total. The standard InChI is InChI=1S/C22H31N3O3/c1-4-5-12-24(2)22(26)18-10-13-25(14-11-18)16-21-23-15-20(28-21)17-6-8-19(27-3)9-7-17/h6-9,15,18H,4-5,10-14,16H2,1-3H3. The Bertz CT molecular complexity index is 749. The van der Waals surface area contributed by atoms with Gasteiger partial charge in [-0.2, -0.15) is 0 Å². The first kappa shape index (κ1) is 20.4. The fourth-order valence-corrected chi connectivity index (χ4v) is 3.62. The van der Waals surface area contributed by atoms with Crippen LogP contribution in [0.4, 0.5) is 0 Å². The Hall–Kier alpha value is -2.34. The van der Waals surface area contributed by atoms with E-state index in [1.54, 1.807) is 13.3 Å². The van der Waals surface area contributed by atoms with E-state index in [1.165, 1.54) is 0 Å². The molecule has 1 amide bonds. The van der Waals surface area contributed by atoms with Crippen molar-refractivity contribution in [1.82, 2.24) is 14.8 Å². The van der Waals surface area contributed by atoms with E-state index in [-0.39, 0.29) is 5.92 Å². The maximum absolute atomic E-state index is 12.5. The Kier molecular flexibility index (Phi) is 7.09. The molecule has 0 aliphatic carbocycles. The van der Waals surface area contributed by atoms with Crippen molar-refractivity contribution in [2.75, 3.05) is 33.8 Å². The van der Waals surface area contributed by atoms with Gasteiger partial charge in [-0.25, -0.2) is 4.98 Å². The number of methoxy groups -OCH3 is 1. The number of rotatable bonds is 8. The molecule has 0 spiro atoms. The third-order valence-electron chi connectivity index (χ3n) is 5.45. The van der Waals surface area contributed by atoms with Crippen molar-refractivity contribution in [2.24, 2.45) is 5.92 Å². The lowest BCUT2D eigenvalue weighted by atomic mass is 9.95. The Balaban J connectivity index is 1.50. The van der Waals surface area contributed by atoms with Gasteiger partial charge in [0.2, 0.25) is 11.8 Å². The topological polar surface area (TPSA) is 58.8 Å². The summed E-state index contributed by atoms with van der Waals surface area (Å²) in [5, 5.41) is 0. The highest BCUT2D eigenvalue weighted by Crippen LogP contribution is 2.25. The number of carbonyl (C=O) groups is 1.